The van der Waals surface area contributed by atoms with Crippen LogP contribution in [0.3, 0.4) is 0 Å². The van der Waals surface area contributed by atoms with Crippen molar-refractivity contribution in [3.05, 3.63) is 58.6 Å². The molecule has 0 aliphatic rings. The van der Waals surface area contributed by atoms with Gasteiger partial charge in [-0.2, -0.15) is 0 Å². The Bertz CT molecular complexity index is 910. The van der Waals surface area contributed by atoms with Gasteiger partial charge in [0.1, 0.15) is 4.90 Å². The van der Waals surface area contributed by atoms with Gasteiger partial charge >= 0.3 is 0 Å². The van der Waals surface area contributed by atoms with Gasteiger partial charge in [0.05, 0.1) is 5.02 Å². The molecular formula is C16H15ClN2O4S. The summed E-state index contributed by atoms with van der Waals surface area (Å²) in [5, 5.41) is 2.63. The molecule has 0 aliphatic heterocycles. The van der Waals surface area contributed by atoms with Crippen molar-refractivity contribution in [1.29, 1.82) is 0 Å². The molecule has 2 rings (SSSR count). The summed E-state index contributed by atoms with van der Waals surface area (Å²) in [6, 6.07) is 10.4. The Morgan fingerprint density at radius 2 is 1.75 bits per heavy atom. The maximum atomic E-state index is 12.3. The van der Waals surface area contributed by atoms with Crippen molar-refractivity contribution in [3.63, 3.8) is 0 Å². The van der Waals surface area contributed by atoms with Crippen LogP contribution >= 0.6 is 11.6 Å². The van der Waals surface area contributed by atoms with Crippen LogP contribution in [0.5, 0.6) is 0 Å². The lowest BCUT2D eigenvalue weighted by Crippen LogP contribution is -2.20. The lowest BCUT2D eigenvalue weighted by atomic mass is 10.1. The van der Waals surface area contributed by atoms with Gasteiger partial charge in [0, 0.05) is 16.8 Å². The SMILES string of the molecule is CNS(=O)(=O)c1cc(C(=O)Nc2cccc(C(C)=O)c2)ccc1Cl. The van der Waals surface area contributed by atoms with Crippen molar-refractivity contribution in [2.45, 2.75) is 11.8 Å². The summed E-state index contributed by atoms with van der Waals surface area (Å²) in [5.41, 5.74) is 1.02. The highest BCUT2D eigenvalue weighted by molar-refractivity contribution is 7.89. The highest BCUT2D eigenvalue weighted by atomic mass is 35.5. The van der Waals surface area contributed by atoms with Crippen LogP contribution in [-0.4, -0.2) is 27.2 Å². The van der Waals surface area contributed by atoms with Gasteiger partial charge in [-0.05, 0) is 44.3 Å². The third-order valence-electron chi connectivity index (χ3n) is 3.28. The summed E-state index contributed by atoms with van der Waals surface area (Å²) in [6.45, 7) is 1.43. The van der Waals surface area contributed by atoms with Gasteiger partial charge in [-0.1, -0.05) is 23.7 Å². The van der Waals surface area contributed by atoms with Crippen LogP contribution in [-0.2, 0) is 10.0 Å². The Morgan fingerprint density at radius 3 is 2.38 bits per heavy atom. The number of nitrogens with one attached hydrogen (secondary N) is 2. The minimum Gasteiger partial charge on any atom is -0.322 e. The van der Waals surface area contributed by atoms with Crippen molar-refractivity contribution in [2.75, 3.05) is 12.4 Å². The summed E-state index contributed by atoms with van der Waals surface area (Å²) in [6.07, 6.45) is 0. The molecule has 0 spiro atoms. The largest absolute Gasteiger partial charge is 0.322 e. The smallest absolute Gasteiger partial charge is 0.255 e. The van der Waals surface area contributed by atoms with E-state index in [9.17, 15) is 18.0 Å². The Kier molecular flexibility index (Phi) is 5.38. The van der Waals surface area contributed by atoms with E-state index in [1.54, 1.807) is 24.3 Å². The molecule has 2 aromatic carbocycles. The molecular weight excluding hydrogens is 352 g/mol. The fourth-order valence-electron chi connectivity index (χ4n) is 1.98. The Labute approximate surface area is 144 Å². The molecule has 0 saturated carbocycles. The topological polar surface area (TPSA) is 92.3 Å². The molecule has 2 N–H and O–H groups in total. The Morgan fingerprint density at radius 1 is 1.04 bits per heavy atom. The molecule has 126 valence electrons. The van der Waals surface area contributed by atoms with E-state index in [0.29, 0.717) is 11.3 Å². The Hall–Kier alpha value is -2.22. The van der Waals surface area contributed by atoms with E-state index in [1.165, 1.54) is 32.2 Å². The Balaban J connectivity index is 2.33. The van der Waals surface area contributed by atoms with E-state index in [0.717, 1.165) is 0 Å². The molecule has 0 aromatic heterocycles. The zero-order valence-electron chi connectivity index (χ0n) is 13.0. The first-order chi connectivity index (χ1) is 11.2. The summed E-state index contributed by atoms with van der Waals surface area (Å²) in [5.74, 6) is -0.639. The van der Waals surface area contributed by atoms with Crippen molar-refractivity contribution < 1.29 is 18.0 Å². The molecule has 1 amide bonds. The van der Waals surface area contributed by atoms with Crippen LogP contribution in [0.2, 0.25) is 5.02 Å². The summed E-state index contributed by atoms with van der Waals surface area (Å²) >= 11 is 5.89. The van der Waals surface area contributed by atoms with Crippen molar-refractivity contribution in [2.24, 2.45) is 0 Å². The number of hydrogen-bond acceptors (Lipinski definition) is 4. The van der Waals surface area contributed by atoms with Gasteiger partial charge in [0.15, 0.2) is 5.78 Å². The zero-order valence-corrected chi connectivity index (χ0v) is 14.5. The minimum absolute atomic E-state index is 0.0134. The van der Waals surface area contributed by atoms with Crippen molar-refractivity contribution >= 4 is 39.0 Å². The van der Waals surface area contributed by atoms with Crippen LogP contribution in [0.1, 0.15) is 27.6 Å². The second kappa shape index (κ2) is 7.12. The van der Waals surface area contributed by atoms with Crippen LogP contribution < -0.4 is 10.0 Å². The molecule has 0 heterocycles. The molecule has 24 heavy (non-hydrogen) atoms. The first-order valence-electron chi connectivity index (χ1n) is 6.90. The number of halogens is 1. The summed E-state index contributed by atoms with van der Waals surface area (Å²) in [7, 11) is -2.53. The first kappa shape index (κ1) is 18.1. The molecule has 8 heteroatoms. The minimum atomic E-state index is -3.78. The number of Topliss-reactive ketones (excluding diaryl/α,β-unsaturated/α-hetero) is 1. The van der Waals surface area contributed by atoms with Gasteiger partial charge in [0.2, 0.25) is 10.0 Å². The number of benzene rings is 2. The molecule has 0 radical (unpaired) electrons. The second-order valence-electron chi connectivity index (χ2n) is 4.94. The van der Waals surface area contributed by atoms with E-state index < -0.39 is 15.9 Å². The fourth-order valence-corrected chi connectivity index (χ4v) is 3.23. The number of anilines is 1. The maximum absolute atomic E-state index is 12.3. The standard InChI is InChI=1S/C16H15ClN2O4S/c1-10(20)11-4-3-5-13(8-11)19-16(21)12-6-7-14(17)15(9-12)24(22,23)18-2/h3-9,18H,1-2H3,(H,19,21). The molecule has 0 fully saturated rings. The number of hydrogen-bond donors (Lipinski definition) is 2. The van der Waals surface area contributed by atoms with Crippen LogP contribution in [0.4, 0.5) is 5.69 Å². The maximum Gasteiger partial charge on any atom is 0.255 e. The third kappa shape index (κ3) is 4.00. The van der Waals surface area contributed by atoms with E-state index in [4.69, 9.17) is 11.6 Å². The van der Waals surface area contributed by atoms with Gasteiger partial charge in [0.25, 0.3) is 5.91 Å². The van der Waals surface area contributed by atoms with Gasteiger partial charge in [-0.15, -0.1) is 0 Å². The average Bonchev–Trinajstić information content (AvgIpc) is 2.55. The quantitative estimate of drug-likeness (QED) is 0.796. The molecule has 0 saturated heterocycles. The molecule has 2 aromatic rings. The van der Waals surface area contributed by atoms with Crippen molar-refractivity contribution in [1.82, 2.24) is 4.72 Å². The number of carbonyl (C=O) groups excluding carboxylic acids is 2. The summed E-state index contributed by atoms with van der Waals surface area (Å²) in [4.78, 5) is 23.5. The van der Waals surface area contributed by atoms with Crippen LogP contribution in [0.15, 0.2) is 47.4 Å². The predicted molar refractivity (Wildman–Crippen MR) is 92.1 cm³/mol. The molecule has 6 nitrogen and oxygen atoms in total. The van der Waals surface area contributed by atoms with E-state index in [2.05, 4.69) is 10.0 Å². The summed E-state index contributed by atoms with van der Waals surface area (Å²) < 4.78 is 26.0. The highest BCUT2D eigenvalue weighted by Gasteiger charge is 2.18. The zero-order chi connectivity index (χ0) is 17.9. The van der Waals surface area contributed by atoms with E-state index in [-0.39, 0.29) is 21.3 Å². The average molecular weight is 367 g/mol. The van der Waals surface area contributed by atoms with Crippen LogP contribution in [0, 0.1) is 0 Å². The van der Waals surface area contributed by atoms with E-state index >= 15 is 0 Å². The predicted octanol–water partition coefficient (Wildman–Crippen LogP) is 2.70. The first-order valence-corrected chi connectivity index (χ1v) is 8.76. The highest BCUT2D eigenvalue weighted by Crippen LogP contribution is 2.23. The number of amides is 1. The lowest BCUT2D eigenvalue weighted by Gasteiger charge is -2.09. The van der Waals surface area contributed by atoms with Gasteiger partial charge in [-0.3, -0.25) is 9.59 Å². The molecule has 0 unspecified atom stereocenters. The normalized spacial score (nSPS) is 11.1. The number of carbonyl (C=O) groups is 2. The monoisotopic (exact) mass is 366 g/mol. The lowest BCUT2D eigenvalue weighted by molar-refractivity contribution is 0.101. The van der Waals surface area contributed by atoms with Gasteiger partial charge < -0.3 is 5.32 Å². The number of rotatable bonds is 5. The molecule has 0 atom stereocenters. The van der Waals surface area contributed by atoms with Crippen LogP contribution in [0.25, 0.3) is 0 Å². The number of sulfonamides is 1. The third-order valence-corrected chi connectivity index (χ3v) is 5.17. The number of ketones is 1. The fraction of sp³-hybridized carbons (Fsp3) is 0.125. The molecule has 0 bridgehead atoms. The molecule has 0 aliphatic carbocycles. The van der Waals surface area contributed by atoms with Gasteiger partial charge in [-0.25, -0.2) is 13.1 Å². The van der Waals surface area contributed by atoms with E-state index in [1.807, 2.05) is 0 Å². The second-order valence-corrected chi connectivity index (χ2v) is 7.21. The van der Waals surface area contributed by atoms with Crippen molar-refractivity contribution in [3.8, 4) is 0 Å².